The van der Waals surface area contributed by atoms with Crippen molar-refractivity contribution in [3.63, 3.8) is 0 Å². The number of ether oxygens (including phenoxy) is 2. The molecular weight excluding hydrogens is 358 g/mol. The first-order valence-electron chi connectivity index (χ1n) is 8.89. The molecule has 0 spiro atoms. The number of aryl methyl sites for hydroxylation is 1. The summed E-state index contributed by atoms with van der Waals surface area (Å²) in [4.78, 5) is 29.4. The lowest BCUT2D eigenvalue weighted by Crippen LogP contribution is -2.33. The van der Waals surface area contributed by atoms with E-state index in [9.17, 15) is 9.59 Å². The maximum Gasteiger partial charge on any atom is 0.254 e. The second-order valence-corrected chi connectivity index (χ2v) is 6.48. The molecular formula is C21H19N3O4. The van der Waals surface area contributed by atoms with Crippen LogP contribution in [0, 0.1) is 6.92 Å². The van der Waals surface area contributed by atoms with Crippen molar-refractivity contribution >= 4 is 5.91 Å². The zero-order valence-electron chi connectivity index (χ0n) is 15.3. The average molecular weight is 377 g/mol. The van der Waals surface area contributed by atoms with Crippen LogP contribution in [0.4, 0.5) is 0 Å². The number of rotatable bonds is 5. The smallest absolute Gasteiger partial charge is 0.254 e. The van der Waals surface area contributed by atoms with E-state index in [1.165, 1.54) is 10.6 Å². The Hall–Kier alpha value is -3.61. The molecule has 0 bridgehead atoms. The quantitative estimate of drug-likeness (QED) is 0.738. The summed E-state index contributed by atoms with van der Waals surface area (Å²) in [5, 5.41) is 2.84. The fraction of sp³-hybridized carbons (Fsp3) is 0.190. The van der Waals surface area contributed by atoms with Gasteiger partial charge in [-0.2, -0.15) is 0 Å². The van der Waals surface area contributed by atoms with Gasteiger partial charge in [0.25, 0.3) is 5.56 Å². The number of carbonyl (C=O) groups excluding carboxylic acids is 1. The van der Waals surface area contributed by atoms with Crippen LogP contribution in [0.1, 0.15) is 11.3 Å². The molecule has 2 heterocycles. The van der Waals surface area contributed by atoms with E-state index in [0.717, 1.165) is 11.1 Å². The third-order valence-electron chi connectivity index (χ3n) is 4.40. The van der Waals surface area contributed by atoms with E-state index in [1.54, 1.807) is 6.92 Å². The van der Waals surface area contributed by atoms with Crippen LogP contribution in [-0.2, 0) is 17.9 Å². The molecule has 2 aromatic carbocycles. The van der Waals surface area contributed by atoms with Crippen molar-refractivity contribution in [1.29, 1.82) is 0 Å². The molecule has 1 aromatic heterocycles. The maximum absolute atomic E-state index is 12.5. The van der Waals surface area contributed by atoms with Crippen molar-refractivity contribution in [2.24, 2.45) is 0 Å². The van der Waals surface area contributed by atoms with Gasteiger partial charge in [-0.15, -0.1) is 0 Å². The topological polar surface area (TPSA) is 82.5 Å². The SMILES string of the molecule is Cc1cc(=O)n(CC(=O)NCc2ccc3c(c2)OCO3)c(-c2ccccc2)n1. The maximum atomic E-state index is 12.5. The first kappa shape index (κ1) is 17.8. The summed E-state index contributed by atoms with van der Waals surface area (Å²) < 4.78 is 12.0. The van der Waals surface area contributed by atoms with Gasteiger partial charge in [-0.1, -0.05) is 36.4 Å². The largest absolute Gasteiger partial charge is 0.454 e. The van der Waals surface area contributed by atoms with Crippen LogP contribution in [0.5, 0.6) is 11.5 Å². The molecule has 0 saturated carbocycles. The van der Waals surface area contributed by atoms with Crippen LogP contribution in [0.25, 0.3) is 11.4 Å². The van der Waals surface area contributed by atoms with E-state index in [1.807, 2.05) is 48.5 Å². The number of nitrogens with zero attached hydrogens (tertiary/aromatic N) is 2. The van der Waals surface area contributed by atoms with Gasteiger partial charge in [0, 0.05) is 23.9 Å². The minimum absolute atomic E-state index is 0.110. The summed E-state index contributed by atoms with van der Waals surface area (Å²) in [7, 11) is 0. The molecule has 1 amide bonds. The normalized spacial score (nSPS) is 12.0. The van der Waals surface area contributed by atoms with Crippen LogP contribution in [0.2, 0.25) is 0 Å². The summed E-state index contributed by atoms with van der Waals surface area (Å²) in [5.74, 6) is 1.56. The van der Waals surface area contributed by atoms with Gasteiger partial charge in [0.1, 0.15) is 12.4 Å². The summed E-state index contributed by atoms with van der Waals surface area (Å²) in [6, 6.07) is 16.3. The monoisotopic (exact) mass is 377 g/mol. The molecule has 0 fully saturated rings. The fourth-order valence-corrected chi connectivity index (χ4v) is 3.03. The fourth-order valence-electron chi connectivity index (χ4n) is 3.03. The number of aromatic nitrogens is 2. The van der Waals surface area contributed by atoms with Crippen LogP contribution in [-0.4, -0.2) is 22.3 Å². The van der Waals surface area contributed by atoms with Gasteiger partial charge >= 0.3 is 0 Å². The van der Waals surface area contributed by atoms with Crippen molar-refractivity contribution in [3.05, 3.63) is 76.2 Å². The summed E-state index contributed by atoms with van der Waals surface area (Å²) in [6.45, 7) is 2.18. The molecule has 28 heavy (non-hydrogen) atoms. The predicted octanol–water partition coefficient (Wildman–Crippen LogP) is 2.26. The van der Waals surface area contributed by atoms with Crippen LogP contribution in [0.15, 0.2) is 59.4 Å². The van der Waals surface area contributed by atoms with Gasteiger partial charge in [0.15, 0.2) is 11.5 Å². The van der Waals surface area contributed by atoms with Gasteiger partial charge in [-0.05, 0) is 24.6 Å². The van der Waals surface area contributed by atoms with Crippen molar-refractivity contribution < 1.29 is 14.3 Å². The second kappa shape index (κ2) is 7.56. The Balaban J connectivity index is 1.51. The number of hydrogen-bond donors (Lipinski definition) is 1. The highest BCUT2D eigenvalue weighted by Gasteiger charge is 2.15. The number of carbonyl (C=O) groups is 1. The Morgan fingerprint density at radius 1 is 1.11 bits per heavy atom. The highest BCUT2D eigenvalue weighted by atomic mass is 16.7. The molecule has 142 valence electrons. The Bertz CT molecular complexity index is 1080. The Labute approximate surface area is 161 Å². The van der Waals surface area contributed by atoms with E-state index >= 15 is 0 Å². The minimum atomic E-state index is -0.275. The lowest BCUT2D eigenvalue weighted by atomic mass is 10.2. The molecule has 1 aliphatic heterocycles. The van der Waals surface area contributed by atoms with Crippen LogP contribution >= 0.6 is 0 Å². The first-order chi connectivity index (χ1) is 13.6. The summed E-state index contributed by atoms with van der Waals surface area (Å²) >= 11 is 0. The molecule has 0 unspecified atom stereocenters. The number of nitrogens with one attached hydrogen (secondary N) is 1. The lowest BCUT2D eigenvalue weighted by Gasteiger charge is -2.13. The molecule has 3 aromatic rings. The van der Waals surface area contributed by atoms with Crippen molar-refractivity contribution in [1.82, 2.24) is 14.9 Å². The first-order valence-corrected chi connectivity index (χ1v) is 8.89. The van der Waals surface area contributed by atoms with Crippen LogP contribution in [0.3, 0.4) is 0 Å². The Morgan fingerprint density at radius 2 is 1.89 bits per heavy atom. The molecule has 0 aliphatic carbocycles. The van der Waals surface area contributed by atoms with Crippen molar-refractivity contribution in [2.75, 3.05) is 6.79 Å². The van der Waals surface area contributed by atoms with E-state index in [-0.39, 0.29) is 24.8 Å². The average Bonchev–Trinajstić information content (AvgIpc) is 3.17. The Kier molecular flexibility index (Phi) is 4.80. The highest BCUT2D eigenvalue weighted by Crippen LogP contribution is 2.32. The minimum Gasteiger partial charge on any atom is -0.454 e. The van der Waals surface area contributed by atoms with Crippen molar-refractivity contribution in [2.45, 2.75) is 20.0 Å². The third-order valence-corrected chi connectivity index (χ3v) is 4.40. The van der Waals surface area contributed by atoms with Gasteiger partial charge < -0.3 is 14.8 Å². The number of hydrogen-bond acceptors (Lipinski definition) is 5. The van der Waals surface area contributed by atoms with Crippen molar-refractivity contribution in [3.8, 4) is 22.9 Å². The molecule has 7 nitrogen and oxygen atoms in total. The zero-order valence-corrected chi connectivity index (χ0v) is 15.3. The summed E-state index contributed by atoms with van der Waals surface area (Å²) in [6.07, 6.45) is 0. The van der Waals surface area contributed by atoms with Crippen LogP contribution < -0.4 is 20.3 Å². The van der Waals surface area contributed by atoms with Gasteiger partial charge in [-0.3, -0.25) is 14.2 Å². The molecule has 0 radical (unpaired) electrons. The zero-order chi connectivity index (χ0) is 19.5. The lowest BCUT2D eigenvalue weighted by molar-refractivity contribution is -0.121. The van der Waals surface area contributed by atoms with Gasteiger partial charge in [0.05, 0.1) is 0 Å². The third kappa shape index (κ3) is 3.73. The number of amides is 1. The molecule has 1 aliphatic rings. The molecule has 4 rings (SSSR count). The number of benzene rings is 2. The molecule has 0 atom stereocenters. The number of fused-ring (bicyclic) bond motifs is 1. The van der Waals surface area contributed by atoms with E-state index < -0.39 is 0 Å². The standard InChI is InChI=1S/C21H19N3O4/c1-14-9-20(26)24(21(23-14)16-5-3-2-4-6-16)12-19(25)22-11-15-7-8-17-18(10-15)28-13-27-17/h2-10H,11-13H2,1H3,(H,22,25). The van der Waals surface area contributed by atoms with Gasteiger partial charge in [0.2, 0.25) is 12.7 Å². The molecule has 1 N–H and O–H groups in total. The second-order valence-electron chi connectivity index (χ2n) is 6.48. The molecule has 7 heteroatoms. The molecule has 0 saturated heterocycles. The van der Waals surface area contributed by atoms with E-state index in [2.05, 4.69) is 10.3 Å². The van der Waals surface area contributed by atoms with E-state index in [4.69, 9.17) is 9.47 Å². The summed E-state index contributed by atoms with van der Waals surface area (Å²) in [5.41, 5.74) is 2.02. The Morgan fingerprint density at radius 3 is 2.71 bits per heavy atom. The highest BCUT2D eigenvalue weighted by molar-refractivity contribution is 5.76. The predicted molar refractivity (Wildman–Crippen MR) is 103 cm³/mol. The van der Waals surface area contributed by atoms with Gasteiger partial charge in [-0.25, -0.2) is 4.98 Å². The van der Waals surface area contributed by atoms with E-state index in [0.29, 0.717) is 29.6 Å².